The molecule has 2 heterocycles. The van der Waals surface area contributed by atoms with Crippen LogP contribution in [0.1, 0.15) is 62.5 Å². The van der Waals surface area contributed by atoms with E-state index in [1.165, 1.54) is 0 Å². The lowest BCUT2D eigenvalue weighted by Crippen LogP contribution is -2.44. The number of rotatable bonds is 5. The highest BCUT2D eigenvalue weighted by molar-refractivity contribution is 5.85. The maximum absolute atomic E-state index is 6.16. The van der Waals surface area contributed by atoms with E-state index in [1.54, 1.807) is 0 Å². The molecule has 0 atom stereocenters. The van der Waals surface area contributed by atoms with Crippen LogP contribution in [0.2, 0.25) is 0 Å². The van der Waals surface area contributed by atoms with Gasteiger partial charge in [-0.1, -0.05) is 24.2 Å². The van der Waals surface area contributed by atoms with Crippen molar-refractivity contribution in [3.8, 4) is 0 Å². The molecule has 116 valence electrons. The van der Waals surface area contributed by atoms with Gasteiger partial charge < -0.3 is 14.8 Å². The smallest absolute Gasteiger partial charge is 0.227 e. The van der Waals surface area contributed by atoms with Crippen molar-refractivity contribution in [2.75, 3.05) is 0 Å². The summed E-state index contributed by atoms with van der Waals surface area (Å²) in [5.41, 5.74) is 5.78. The van der Waals surface area contributed by atoms with E-state index in [-0.39, 0.29) is 23.9 Å². The molecular formula is C13H20ClN5O2. The lowest BCUT2D eigenvalue weighted by molar-refractivity contribution is 0.229. The molecule has 7 nitrogen and oxygen atoms in total. The van der Waals surface area contributed by atoms with Gasteiger partial charge in [-0.05, 0) is 19.3 Å². The van der Waals surface area contributed by atoms with Crippen LogP contribution in [-0.2, 0) is 18.4 Å². The van der Waals surface area contributed by atoms with Gasteiger partial charge in [0.1, 0.15) is 0 Å². The molecule has 2 aromatic heterocycles. The summed E-state index contributed by atoms with van der Waals surface area (Å²) in [6.07, 6.45) is 4.16. The van der Waals surface area contributed by atoms with E-state index in [1.807, 2.05) is 13.8 Å². The van der Waals surface area contributed by atoms with Crippen molar-refractivity contribution >= 4 is 12.4 Å². The highest BCUT2D eigenvalue weighted by Gasteiger charge is 2.38. The maximum Gasteiger partial charge on any atom is 0.227 e. The van der Waals surface area contributed by atoms with Crippen LogP contribution in [0.15, 0.2) is 9.05 Å². The lowest BCUT2D eigenvalue weighted by Gasteiger charge is -2.34. The highest BCUT2D eigenvalue weighted by atomic mass is 35.5. The molecule has 0 aliphatic heterocycles. The zero-order chi connectivity index (χ0) is 14.2. The van der Waals surface area contributed by atoms with E-state index in [9.17, 15) is 0 Å². The number of aryl methyl sites for hydroxylation is 2. The second-order valence-electron chi connectivity index (χ2n) is 5.72. The summed E-state index contributed by atoms with van der Waals surface area (Å²) in [5.74, 6) is 2.77. The van der Waals surface area contributed by atoms with Crippen molar-refractivity contribution in [2.45, 2.75) is 57.4 Å². The normalized spacial score (nSPS) is 16.6. The van der Waals surface area contributed by atoms with Crippen LogP contribution in [0, 0.1) is 0 Å². The molecular weight excluding hydrogens is 294 g/mol. The Balaban J connectivity index is 0.00000161. The molecule has 1 fully saturated rings. The zero-order valence-electron chi connectivity index (χ0n) is 12.2. The van der Waals surface area contributed by atoms with Gasteiger partial charge in [-0.3, -0.25) is 0 Å². The Labute approximate surface area is 129 Å². The van der Waals surface area contributed by atoms with Crippen molar-refractivity contribution < 1.29 is 9.05 Å². The summed E-state index contributed by atoms with van der Waals surface area (Å²) in [6.45, 7) is 4.05. The van der Waals surface area contributed by atoms with Gasteiger partial charge in [-0.2, -0.15) is 9.97 Å². The van der Waals surface area contributed by atoms with Gasteiger partial charge in [-0.25, -0.2) is 0 Å². The molecule has 2 aromatic rings. The molecule has 0 amide bonds. The van der Waals surface area contributed by atoms with Crippen LogP contribution in [0.5, 0.6) is 0 Å². The molecule has 1 aliphatic carbocycles. The molecule has 0 bridgehead atoms. The SMILES string of the molecule is CC(C)c1noc(CCc2nc(C3(N)CCC3)no2)n1.Cl. The Morgan fingerprint density at radius 1 is 1.10 bits per heavy atom. The fourth-order valence-electron chi connectivity index (χ4n) is 2.16. The Kier molecular flexibility index (Phi) is 4.63. The number of nitrogens with zero attached hydrogens (tertiary/aromatic N) is 4. The average Bonchev–Trinajstić information content (AvgIpc) is 3.02. The molecule has 1 aliphatic rings. The average molecular weight is 314 g/mol. The van der Waals surface area contributed by atoms with Crippen LogP contribution >= 0.6 is 12.4 Å². The summed E-state index contributed by atoms with van der Waals surface area (Å²) in [4.78, 5) is 8.68. The molecule has 3 rings (SSSR count). The van der Waals surface area contributed by atoms with E-state index >= 15 is 0 Å². The maximum atomic E-state index is 6.16. The Morgan fingerprint density at radius 2 is 1.71 bits per heavy atom. The zero-order valence-corrected chi connectivity index (χ0v) is 13.0. The third-order valence-electron chi connectivity index (χ3n) is 3.71. The molecule has 0 aromatic carbocycles. The summed E-state index contributed by atoms with van der Waals surface area (Å²) in [5, 5.41) is 7.90. The number of aromatic nitrogens is 4. The molecule has 0 unspecified atom stereocenters. The second kappa shape index (κ2) is 6.11. The lowest BCUT2D eigenvalue weighted by atomic mass is 9.77. The van der Waals surface area contributed by atoms with Gasteiger partial charge in [0.2, 0.25) is 11.8 Å². The number of nitrogens with two attached hydrogens (primary N) is 1. The van der Waals surface area contributed by atoms with Crippen molar-refractivity contribution in [3.05, 3.63) is 23.4 Å². The number of hydrogen-bond acceptors (Lipinski definition) is 7. The van der Waals surface area contributed by atoms with Crippen molar-refractivity contribution in [3.63, 3.8) is 0 Å². The first-order chi connectivity index (χ1) is 9.57. The topological polar surface area (TPSA) is 104 Å². The largest absolute Gasteiger partial charge is 0.339 e. The quantitative estimate of drug-likeness (QED) is 0.901. The van der Waals surface area contributed by atoms with E-state index in [2.05, 4.69) is 20.3 Å². The predicted molar refractivity (Wildman–Crippen MR) is 77.1 cm³/mol. The molecule has 8 heteroatoms. The molecule has 1 saturated carbocycles. The monoisotopic (exact) mass is 313 g/mol. The summed E-state index contributed by atoms with van der Waals surface area (Å²) < 4.78 is 10.4. The van der Waals surface area contributed by atoms with Gasteiger partial charge >= 0.3 is 0 Å². The third kappa shape index (κ3) is 3.24. The molecule has 0 spiro atoms. The minimum atomic E-state index is -0.378. The van der Waals surface area contributed by atoms with Crippen LogP contribution in [0.4, 0.5) is 0 Å². The Morgan fingerprint density at radius 3 is 2.24 bits per heavy atom. The van der Waals surface area contributed by atoms with E-state index in [0.717, 1.165) is 25.1 Å². The van der Waals surface area contributed by atoms with Gasteiger partial charge in [0, 0.05) is 18.8 Å². The van der Waals surface area contributed by atoms with Crippen LogP contribution in [0.3, 0.4) is 0 Å². The van der Waals surface area contributed by atoms with Crippen molar-refractivity contribution in [1.29, 1.82) is 0 Å². The predicted octanol–water partition coefficient (Wildman–Crippen LogP) is 2.12. The minimum Gasteiger partial charge on any atom is -0.339 e. The van der Waals surface area contributed by atoms with Crippen LogP contribution in [0.25, 0.3) is 0 Å². The van der Waals surface area contributed by atoms with Gasteiger partial charge in [-0.15, -0.1) is 12.4 Å². The first-order valence-corrected chi connectivity index (χ1v) is 7.01. The van der Waals surface area contributed by atoms with E-state index < -0.39 is 0 Å². The Bertz CT molecular complexity index is 591. The molecule has 2 N–H and O–H groups in total. The molecule has 0 saturated heterocycles. The van der Waals surface area contributed by atoms with Gasteiger partial charge in [0.15, 0.2) is 11.6 Å². The second-order valence-corrected chi connectivity index (χ2v) is 5.72. The fourth-order valence-corrected chi connectivity index (χ4v) is 2.16. The number of hydrogen-bond donors (Lipinski definition) is 1. The van der Waals surface area contributed by atoms with Crippen LogP contribution in [-0.4, -0.2) is 20.3 Å². The molecule has 21 heavy (non-hydrogen) atoms. The van der Waals surface area contributed by atoms with Crippen molar-refractivity contribution in [2.24, 2.45) is 5.73 Å². The first kappa shape index (κ1) is 15.9. The van der Waals surface area contributed by atoms with Crippen molar-refractivity contribution in [1.82, 2.24) is 20.3 Å². The van der Waals surface area contributed by atoms with E-state index in [0.29, 0.717) is 30.4 Å². The van der Waals surface area contributed by atoms with E-state index in [4.69, 9.17) is 14.8 Å². The van der Waals surface area contributed by atoms with Crippen LogP contribution < -0.4 is 5.73 Å². The Hall–Kier alpha value is -1.47. The molecule has 0 radical (unpaired) electrons. The van der Waals surface area contributed by atoms with Gasteiger partial charge in [0.05, 0.1) is 5.54 Å². The minimum absolute atomic E-state index is 0. The fraction of sp³-hybridized carbons (Fsp3) is 0.692. The standard InChI is InChI=1S/C13H19N5O2.ClH/c1-8(2)11-15-9(19-17-11)4-5-10-16-12(18-20-10)13(14)6-3-7-13;/h8H,3-7,14H2,1-2H3;1H. The number of halogens is 1. The highest BCUT2D eigenvalue weighted by Crippen LogP contribution is 2.36. The third-order valence-corrected chi connectivity index (χ3v) is 3.71. The summed E-state index contributed by atoms with van der Waals surface area (Å²) in [7, 11) is 0. The summed E-state index contributed by atoms with van der Waals surface area (Å²) in [6, 6.07) is 0. The van der Waals surface area contributed by atoms with Gasteiger partial charge in [0.25, 0.3) is 0 Å². The first-order valence-electron chi connectivity index (χ1n) is 7.01. The summed E-state index contributed by atoms with van der Waals surface area (Å²) >= 11 is 0.